The van der Waals surface area contributed by atoms with Crippen LogP contribution in [0.15, 0.2) is 54.6 Å². The first-order valence-electron chi connectivity index (χ1n) is 8.36. The third-order valence-electron chi connectivity index (χ3n) is 4.61. The highest BCUT2D eigenvalue weighted by molar-refractivity contribution is 5.97. The molecule has 0 aromatic heterocycles. The van der Waals surface area contributed by atoms with E-state index in [1.54, 1.807) is 31.1 Å². The summed E-state index contributed by atoms with van der Waals surface area (Å²) in [6.07, 6.45) is 0. The first kappa shape index (κ1) is 17.0. The zero-order chi connectivity index (χ0) is 17.8. The van der Waals surface area contributed by atoms with Gasteiger partial charge < -0.3 is 14.5 Å². The fourth-order valence-corrected chi connectivity index (χ4v) is 3.25. The molecule has 1 atom stereocenters. The monoisotopic (exact) mass is 338 g/mol. The van der Waals surface area contributed by atoms with E-state index in [2.05, 4.69) is 0 Å². The van der Waals surface area contributed by atoms with Gasteiger partial charge in [-0.3, -0.25) is 9.59 Å². The number of rotatable bonds is 3. The molecule has 0 saturated carbocycles. The van der Waals surface area contributed by atoms with Crippen LogP contribution in [0.25, 0.3) is 0 Å². The van der Waals surface area contributed by atoms with E-state index in [-0.39, 0.29) is 17.9 Å². The highest BCUT2D eigenvalue weighted by Crippen LogP contribution is 2.29. The fourth-order valence-electron chi connectivity index (χ4n) is 3.25. The normalized spacial score (nSPS) is 17.3. The Morgan fingerprint density at radius 1 is 1.00 bits per heavy atom. The molecule has 0 unspecified atom stereocenters. The van der Waals surface area contributed by atoms with Gasteiger partial charge in [-0.2, -0.15) is 0 Å². The third kappa shape index (κ3) is 3.50. The van der Waals surface area contributed by atoms with Crippen molar-refractivity contribution in [2.45, 2.75) is 13.0 Å². The summed E-state index contributed by atoms with van der Waals surface area (Å²) in [5.41, 5.74) is 1.57. The highest BCUT2D eigenvalue weighted by Gasteiger charge is 2.33. The van der Waals surface area contributed by atoms with Crippen LogP contribution in [0, 0.1) is 0 Å². The fraction of sp³-hybridized carbons (Fsp3) is 0.300. The van der Waals surface area contributed by atoms with Crippen LogP contribution in [0.3, 0.4) is 0 Å². The van der Waals surface area contributed by atoms with Gasteiger partial charge in [-0.1, -0.05) is 42.5 Å². The maximum atomic E-state index is 13.2. The quantitative estimate of drug-likeness (QED) is 0.865. The molecule has 25 heavy (non-hydrogen) atoms. The summed E-state index contributed by atoms with van der Waals surface area (Å²) in [4.78, 5) is 28.6. The van der Waals surface area contributed by atoms with Crippen molar-refractivity contribution in [3.05, 3.63) is 65.7 Å². The van der Waals surface area contributed by atoms with E-state index in [1.165, 1.54) is 0 Å². The standard InChI is InChI=1S/C20H22N2O3/c1-15(23)21-12-13-22(18(14-21)16-8-4-3-5-9-16)20(24)17-10-6-7-11-19(17)25-2/h3-11,18H,12-14H2,1-2H3/t18-/m1/s1. The zero-order valence-electron chi connectivity index (χ0n) is 14.5. The third-order valence-corrected chi connectivity index (χ3v) is 4.61. The molecule has 5 nitrogen and oxygen atoms in total. The maximum Gasteiger partial charge on any atom is 0.258 e. The largest absolute Gasteiger partial charge is 0.496 e. The van der Waals surface area contributed by atoms with Gasteiger partial charge in [-0.05, 0) is 17.7 Å². The molecule has 2 aromatic carbocycles. The Hall–Kier alpha value is -2.82. The Morgan fingerprint density at radius 3 is 2.36 bits per heavy atom. The molecule has 0 spiro atoms. The molecular weight excluding hydrogens is 316 g/mol. The summed E-state index contributed by atoms with van der Waals surface area (Å²) in [6, 6.07) is 16.9. The van der Waals surface area contributed by atoms with Gasteiger partial charge in [-0.25, -0.2) is 0 Å². The Balaban J connectivity index is 1.95. The summed E-state index contributed by atoms with van der Waals surface area (Å²) in [5.74, 6) is 0.521. The number of methoxy groups -OCH3 is 1. The van der Waals surface area contributed by atoms with Crippen molar-refractivity contribution in [3.8, 4) is 5.75 Å². The second kappa shape index (κ2) is 7.38. The maximum absolute atomic E-state index is 13.2. The summed E-state index contributed by atoms with van der Waals surface area (Å²) >= 11 is 0. The molecule has 5 heteroatoms. The molecule has 1 saturated heterocycles. The zero-order valence-corrected chi connectivity index (χ0v) is 14.5. The lowest BCUT2D eigenvalue weighted by molar-refractivity contribution is -0.131. The molecule has 1 fully saturated rings. The number of para-hydroxylation sites is 1. The number of piperazine rings is 1. The summed E-state index contributed by atoms with van der Waals surface area (Å²) in [7, 11) is 1.56. The van der Waals surface area contributed by atoms with Gasteiger partial charge in [0.15, 0.2) is 0 Å². The van der Waals surface area contributed by atoms with Crippen molar-refractivity contribution < 1.29 is 14.3 Å². The van der Waals surface area contributed by atoms with Gasteiger partial charge in [-0.15, -0.1) is 0 Å². The first-order chi connectivity index (χ1) is 12.1. The molecule has 0 bridgehead atoms. The number of carbonyl (C=O) groups excluding carboxylic acids is 2. The van der Waals surface area contributed by atoms with Crippen molar-refractivity contribution in [1.82, 2.24) is 9.80 Å². The second-order valence-electron chi connectivity index (χ2n) is 6.09. The van der Waals surface area contributed by atoms with Crippen LogP contribution in [0.5, 0.6) is 5.75 Å². The minimum absolute atomic E-state index is 0.0327. The molecule has 2 aromatic rings. The molecule has 3 rings (SSSR count). The summed E-state index contributed by atoms with van der Waals surface area (Å²) < 4.78 is 5.35. The van der Waals surface area contributed by atoms with Gasteiger partial charge in [0, 0.05) is 26.6 Å². The lowest BCUT2D eigenvalue weighted by Gasteiger charge is -2.41. The second-order valence-corrected chi connectivity index (χ2v) is 6.09. The molecule has 1 heterocycles. The van der Waals surface area contributed by atoms with Crippen molar-refractivity contribution in [2.75, 3.05) is 26.7 Å². The Bertz CT molecular complexity index is 761. The Morgan fingerprint density at radius 2 is 1.68 bits per heavy atom. The van der Waals surface area contributed by atoms with E-state index in [1.807, 2.05) is 47.4 Å². The molecular formula is C20H22N2O3. The average molecular weight is 338 g/mol. The molecule has 1 aliphatic heterocycles. The Labute approximate surface area is 147 Å². The van der Waals surface area contributed by atoms with Crippen LogP contribution in [0.4, 0.5) is 0 Å². The molecule has 0 radical (unpaired) electrons. The van der Waals surface area contributed by atoms with E-state index < -0.39 is 0 Å². The number of benzene rings is 2. The predicted octanol–water partition coefficient (Wildman–Crippen LogP) is 2.74. The molecule has 1 aliphatic rings. The van der Waals surface area contributed by atoms with Crippen LogP contribution in [-0.2, 0) is 4.79 Å². The number of hydrogen-bond acceptors (Lipinski definition) is 3. The number of hydrogen-bond donors (Lipinski definition) is 0. The topological polar surface area (TPSA) is 49.9 Å². The van der Waals surface area contributed by atoms with E-state index >= 15 is 0 Å². The number of carbonyl (C=O) groups is 2. The van der Waals surface area contributed by atoms with E-state index in [0.29, 0.717) is 30.9 Å². The summed E-state index contributed by atoms with van der Waals surface area (Å²) in [5, 5.41) is 0. The summed E-state index contributed by atoms with van der Waals surface area (Å²) in [6.45, 7) is 3.11. The smallest absolute Gasteiger partial charge is 0.258 e. The number of nitrogens with zero attached hydrogens (tertiary/aromatic N) is 2. The van der Waals surface area contributed by atoms with Gasteiger partial charge >= 0.3 is 0 Å². The van der Waals surface area contributed by atoms with Gasteiger partial charge in [0.05, 0.1) is 18.7 Å². The minimum Gasteiger partial charge on any atom is -0.496 e. The van der Waals surface area contributed by atoms with Crippen molar-refractivity contribution in [2.24, 2.45) is 0 Å². The Kier molecular flexibility index (Phi) is 5.03. The number of ether oxygens (including phenoxy) is 1. The first-order valence-corrected chi connectivity index (χ1v) is 8.36. The highest BCUT2D eigenvalue weighted by atomic mass is 16.5. The number of amides is 2. The van der Waals surface area contributed by atoms with Crippen LogP contribution in [-0.4, -0.2) is 48.4 Å². The molecule has 0 N–H and O–H groups in total. The lowest BCUT2D eigenvalue weighted by atomic mass is 10.0. The lowest BCUT2D eigenvalue weighted by Crippen LogP contribution is -2.51. The molecule has 2 amide bonds. The van der Waals surface area contributed by atoms with Gasteiger partial charge in [0.2, 0.25) is 5.91 Å². The SMILES string of the molecule is COc1ccccc1C(=O)N1CCN(C(C)=O)C[C@@H]1c1ccccc1. The minimum atomic E-state index is -0.170. The predicted molar refractivity (Wildman–Crippen MR) is 95.5 cm³/mol. The van der Waals surface area contributed by atoms with Crippen LogP contribution < -0.4 is 4.74 Å². The van der Waals surface area contributed by atoms with E-state index in [4.69, 9.17) is 4.74 Å². The molecule has 130 valence electrons. The van der Waals surface area contributed by atoms with Crippen LogP contribution in [0.2, 0.25) is 0 Å². The molecule has 0 aliphatic carbocycles. The van der Waals surface area contributed by atoms with E-state index in [0.717, 1.165) is 5.56 Å². The van der Waals surface area contributed by atoms with Crippen molar-refractivity contribution in [3.63, 3.8) is 0 Å². The van der Waals surface area contributed by atoms with Crippen LogP contribution >= 0.6 is 0 Å². The van der Waals surface area contributed by atoms with Gasteiger partial charge in [0.1, 0.15) is 5.75 Å². The van der Waals surface area contributed by atoms with Crippen molar-refractivity contribution in [1.29, 1.82) is 0 Å². The van der Waals surface area contributed by atoms with E-state index in [9.17, 15) is 9.59 Å². The van der Waals surface area contributed by atoms with Gasteiger partial charge in [0.25, 0.3) is 5.91 Å². The average Bonchev–Trinajstić information content (AvgIpc) is 2.67. The van der Waals surface area contributed by atoms with Crippen LogP contribution in [0.1, 0.15) is 28.9 Å². The van der Waals surface area contributed by atoms with Crippen molar-refractivity contribution >= 4 is 11.8 Å².